The molecule has 3 amide bonds. The summed E-state index contributed by atoms with van der Waals surface area (Å²) in [5.74, 6) is 0.188. The molecule has 0 aliphatic carbocycles. The van der Waals surface area contributed by atoms with E-state index in [-0.39, 0.29) is 11.7 Å². The number of alkyl carbamates (subject to hydrolysis) is 1. The molecule has 0 spiro atoms. The Hall–Kier alpha value is -3.47. The topological polar surface area (TPSA) is 99.8 Å². The minimum Gasteiger partial charge on any atom is -0.444 e. The number of benzene rings is 3. The molecule has 3 aromatic carbocycles. The lowest BCUT2D eigenvalue weighted by Gasteiger charge is -2.36. The van der Waals surface area contributed by atoms with Crippen LogP contribution in [0.4, 0.5) is 4.79 Å². The summed E-state index contributed by atoms with van der Waals surface area (Å²) in [6.07, 6.45) is 1.72. The third kappa shape index (κ3) is 12.1. The van der Waals surface area contributed by atoms with Crippen molar-refractivity contribution in [3.05, 3.63) is 108 Å². The molecule has 0 fully saturated rings. The number of nitrogens with zero attached hydrogens (tertiary/aromatic N) is 1. The Labute approximate surface area is 308 Å². The van der Waals surface area contributed by atoms with Crippen LogP contribution in [0.15, 0.2) is 91.0 Å². The van der Waals surface area contributed by atoms with Crippen molar-refractivity contribution in [2.45, 2.75) is 89.4 Å². The molecule has 0 saturated carbocycles. The average Bonchev–Trinajstić information content (AvgIpc) is 3.08. The van der Waals surface area contributed by atoms with Gasteiger partial charge in [-0.15, -0.1) is 11.8 Å². The number of carbonyl (C=O) groups excluding carboxylic acids is 3. The van der Waals surface area contributed by atoms with Crippen molar-refractivity contribution in [2.24, 2.45) is 0 Å². The smallest absolute Gasteiger partial charge is 0.408 e. The summed E-state index contributed by atoms with van der Waals surface area (Å²) in [7, 11) is 0. The molecular weight excluding hydrogens is 665 g/mol. The molecule has 8 nitrogen and oxygen atoms in total. The second-order valence-corrected chi connectivity index (χ2v) is 16.1. The predicted molar refractivity (Wildman–Crippen MR) is 210 cm³/mol. The Balaban J connectivity index is 1.96. The minimum absolute atomic E-state index is 0.193. The van der Waals surface area contributed by atoms with Crippen molar-refractivity contribution in [2.75, 3.05) is 30.9 Å². The highest BCUT2D eigenvalue weighted by Gasteiger charge is 2.39. The molecule has 0 radical (unpaired) electrons. The van der Waals surface area contributed by atoms with Gasteiger partial charge in [-0.05, 0) is 83.6 Å². The number of ether oxygens (including phenoxy) is 1. The fourth-order valence-electron chi connectivity index (χ4n) is 5.93. The van der Waals surface area contributed by atoms with Crippen molar-refractivity contribution in [1.29, 1.82) is 0 Å². The second-order valence-electron chi connectivity index (χ2n) is 13.8. The van der Waals surface area contributed by atoms with Gasteiger partial charge in [0.15, 0.2) is 0 Å². The molecule has 0 aliphatic rings. The maximum atomic E-state index is 14.2. The SMILES string of the molecule is CSCC[C@H](NC(=O)[C@H](CSC(c1ccccc1)(c1ccccc1)c1ccccc1)NC(=O)OC(C)(C)C)C(=O)NCCN(C(C)C)C(C)C. The first kappa shape index (κ1) is 41.0. The van der Waals surface area contributed by atoms with Gasteiger partial charge in [0.25, 0.3) is 0 Å². The van der Waals surface area contributed by atoms with E-state index >= 15 is 0 Å². The van der Waals surface area contributed by atoms with E-state index in [1.807, 2.05) is 60.9 Å². The van der Waals surface area contributed by atoms with Crippen LogP contribution < -0.4 is 16.0 Å². The van der Waals surface area contributed by atoms with E-state index in [2.05, 4.69) is 84.9 Å². The highest BCUT2D eigenvalue weighted by molar-refractivity contribution is 8.00. The lowest BCUT2D eigenvalue weighted by molar-refractivity contribution is -0.129. The molecule has 10 heteroatoms. The number of rotatable bonds is 18. The summed E-state index contributed by atoms with van der Waals surface area (Å²) in [4.78, 5) is 43.3. The summed E-state index contributed by atoms with van der Waals surface area (Å²) >= 11 is 3.17. The second kappa shape index (κ2) is 19.8. The Kier molecular flexibility index (Phi) is 16.2. The van der Waals surface area contributed by atoms with Crippen LogP contribution in [0.2, 0.25) is 0 Å². The molecule has 3 aromatic rings. The van der Waals surface area contributed by atoms with E-state index in [0.29, 0.717) is 37.3 Å². The van der Waals surface area contributed by atoms with Crippen LogP contribution in [0.1, 0.15) is 71.6 Å². The Morgan fingerprint density at radius 1 is 0.720 bits per heavy atom. The molecule has 272 valence electrons. The largest absolute Gasteiger partial charge is 0.444 e. The number of amides is 3. The highest BCUT2D eigenvalue weighted by atomic mass is 32.2. The lowest BCUT2D eigenvalue weighted by Crippen LogP contribution is -2.56. The minimum atomic E-state index is -1.01. The van der Waals surface area contributed by atoms with Gasteiger partial charge >= 0.3 is 6.09 Å². The number of carbonyl (C=O) groups is 3. The van der Waals surface area contributed by atoms with E-state index in [1.54, 1.807) is 44.3 Å². The van der Waals surface area contributed by atoms with Crippen LogP contribution in [0.5, 0.6) is 0 Å². The number of nitrogens with one attached hydrogen (secondary N) is 3. The highest BCUT2D eigenvalue weighted by Crippen LogP contribution is 2.48. The molecule has 0 bridgehead atoms. The molecule has 0 unspecified atom stereocenters. The van der Waals surface area contributed by atoms with Gasteiger partial charge in [-0.25, -0.2) is 4.79 Å². The predicted octanol–water partition coefficient (Wildman–Crippen LogP) is 7.08. The molecule has 2 atom stereocenters. The third-order valence-electron chi connectivity index (χ3n) is 8.25. The number of hydrogen-bond acceptors (Lipinski definition) is 7. The lowest BCUT2D eigenvalue weighted by atomic mass is 9.84. The summed E-state index contributed by atoms with van der Waals surface area (Å²) < 4.78 is 4.89. The first-order chi connectivity index (χ1) is 23.8. The van der Waals surface area contributed by atoms with Crippen molar-refractivity contribution in [3.8, 4) is 0 Å². The van der Waals surface area contributed by atoms with Crippen LogP contribution in [0.25, 0.3) is 0 Å². The van der Waals surface area contributed by atoms with Gasteiger partial charge < -0.3 is 20.7 Å². The van der Waals surface area contributed by atoms with Gasteiger partial charge in [0.05, 0.1) is 4.75 Å². The molecule has 0 heterocycles. The molecular formula is C40H56N4O4S2. The monoisotopic (exact) mass is 720 g/mol. The van der Waals surface area contributed by atoms with Crippen molar-refractivity contribution in [1.82, 2.24) is 20.9 Å². The maximum Gasteiger partial charge on any atom is 0.408 e. The molecule has 0 aliphatic heterocycles. The van der Waals surface area contributed by atoms with E-state index in [9.17, 15) is 14.4 Å². The molecule has 50 heavy (non-hydrogen) atoms. The van der Waals surface area contributed by atoms with Gasteiger partial charge in [0.1, 0.15) is 17.7 Å². The Morgan fingerprint density at radius 3 is 1.62 bits per heavy atom. The van der Waals surface area contributed by atoms with E-state index < -0.39 is 34.4 Å². The van der Waals surface area contributed by atoms with Gasteiger partial charge in [-0.3, -0.25) is 14.5 Å². The van der Waals surface area contributed by atoms with Crippen LogP contribution in [0.3, 0.4) is 0 Å². The fraction of sp³-hybridized carbons (Fsp3) is 0.475. The summed E-state index contributed by atoms with van der Waals surface area (Å²) in [6, 6.07) is 29.5. The Morgan fingerprint density at radius 2 is 1.20 bits per heavy atom. The Bertz CT molecular complexity index is 1360. The zero-order chi connectivity index (χ0) is 36.7. The average molecular weight is 721 g/mol. The summed E-state index contributed by atoms with van der Waals surface area (Å²) in [5, 5.41) is 8.89. The first-order valence-electron chi connectivity index (χ1n) is 17.4. The van der Waals surface area contributed by atoms with Crippen molar-refractivity contribution in [3.63, 3.8) is 0 Å². The number of hydrogen-bond donors (Lipinski definition) is 3. The molecule has 3 rings (SSSR count). The van der Waals surface area contributed by atoms with Gasteiger partial charge in [0, 0.05) is 30.9 Å². The fourth-order valence-corrected chi connectivity index (χ4v) is 7.96. The molecule has 3 N–H and O–H groups in total. The van der Waals surface area contributed by atoms with Crippen LogP contribution in [0, 0.1) is 0 Å². The third-order valence-corrected chi connectivity index (χ3v) is 10.5. The van der Waals surface area contributed by atoms with Crippen LogP contribution >= 0.6 is 23.5 Å². The first-order valence-corrected chi connectivity index (χ1v) is 19.8. The quantitative estimate of drug-likeness (QED) is 0.121. The molecule has 0 saturated heterocycles. The standard InChI is InChI=1S/C40H56N4O4S2/c1-29(2)44(30(3)4)26-25-41-36(45)34(24-27-49-8)42-37(46)35(43-38(47)48-39(5,6)7)28-50-40(31-18-12-9-13-19-31,32-20-14-10-15-21-32)33-22-16-11-17-23-33/h9-23,29-30,34-35H,24-28H2,1-8H3,(H,41,45)(H,42,46)(H,43,47)/t34-,35-/m0/s1. The number of thioether (sulfide) groups is 2. The van der Waals surface area contributed by atoms with Crippen LogP contribution in [-0.4, -0.2) is 83.4 Å². The van der Waals surface area contributed by atoms with Crippen molar-refractivity contribution >= 4 is 41.4 Å². The summed E-state index contributed by atoms with van der Waals surface area (Å²) in [6.45, 7) is 15.1. The normalized spacial score (nSPS) is 13.2. The van der Waals surface area contributed by atoms with Gasteiger partial charge in [-0.2, -0.15) is 11.8 Å². The summed E-state index contributed by atoms with van der Waals surface area (Å²) in [5.41, 5.74) is 2.34. The van der Waals surface area contributed by atoms with Gasteiger partial charge in [0.2, 0.25) is 11.8 Å². The van der Waals surface area contributed by atoms with E-state index in [4.69, 9.17) is 4.74 Å². The van der Waals surface area contributed by atoms with E-state index in [0.717, 1.165) is 16.7 Å². The van der Waals surface area contributed by atoms with Crippen molar-refractivity contribution < 1.29 is 19.1 Å². The van der Waals surface area contributed by atoms with Crippen LogP contribution in [-0.2, 0) is 19.1 Å². The zero-order valence-electron chi connectivity index (χ0n) is 30.9. The molecule has 0 aromatic heterocycles. The van der Waals surface area contributed by atoms with Gasteiger partial charge in [-0.1, -0.05) is 91.0 Å². The van der Waals surface area contributed by atoms with E-state index in [1.165, 1.54) is 0 Å². The maximum absolute atomic E-state index is 14.2. The zero-order valence-corrected chi connectivity index (χ0v) is 32.5.